The lowest BCUT2D eigenvalue weighted by atomic mass is 10.1. The molecule has 0 atom stereocenters. The van der Waals surface area contributed by atoms with Gasteiger partial charge in [-0.3, -0.25) is 0 Å². The maximum atomic E-state index is 5.79. The van der Waals surface area contributed by atoms with Gasteiger partial charge in [0.25, 0.3) is 0 Å². The minimum Gasteiger partial charge on any atom is -0.146 e. The summed E-state index contributed by atoms with van der Waals surface area (Å²) in [5.41, 5.74) is 0.0673. The minimum atomic E-state index is 0.0673. The normalized spacial score (nSPS) is 19.3. The highest BCUT2D eigenvalue weighted by Crippen LogP contribution is 2.50. The molecule has 0 unspecified atom stereocenters. The Morgan fingerprint density at radius 1 is 1.64 bits per heavy atom. The van der Waals surface area contributed by atoms with Crippen LogP contribution in [-0.4, -0.2) is 0 Å². The number of rotatable bonds is 1. The number of hydrogen-bond donors (Lipinski definition) is 0. The van der Waals surface area contributed by atoms with E-state index in [1.165, 1.54) is 4.88 Å². The van der Waals surface area contributed by atoms with Crippen molar-refractivity contribution in [2.24, 2.45) is 0 Å². The van der Waals surface area contributed by atoms with Crippen molar-refractivity contribution in [2.45, 2.75) is 18.3 Å². The fraction of sp³-hybridized carbons (Fsp3) is 0.333. The van der Waals surface area contributed by atoms with E-state index >= 15 is 0 Å². The number of halogens is 1. The van der Waals surface area contributed by atoms with E-state index in [0.29, 0.717) is 0 Å². The van der Waals surface area contributed by atoms with Crippen molar-refractivity contribution in [3.8, 4) is 12.3 Å². The molecule has 1 aromatic rings. The molecule has 0 nitrogen and oxygen atoms in total. The molecule has 2 rings (SSSR count). The van der Waals surface area contributed by atoms with Crippen molar-refractivity contribution in [1.82, 2.24) is 0 Å². The van der Waals surface area contributed by atoms with Gasteiger partial charge in [-0.1, -0.05) is 17.5 Å². The molecular weight excluding hydrogens is 176 g/mol. The van der Waals surface area contributed by atoms with Crippen molar-refractivity contribution in [1.29, 1.82) is 0 Å². The molecule has 0 amide bonds. The highest BCUT2D eigenvalue weighted by atomic mass is 35.5. The summed E-state index contributed by atoms with van der Waals surface area (Å²) in [6.07, 6.45) is 7.67. The summed E-state index contributed by atoms with van der Waals surface area (Å²) in [7, 11) is 0. The molecule has 0 N–H and O–H groups in total. The zero-order chi connectivity index (χ0) is 7.90. The lowest BCUT2D eigenvalue weighted by Crippen LogP contribution is -1.97. The van der Waals surface area contributed by atoms with Crippen LogP contribution in [0.25, 0.3) is 0 Å². The molecule has 1 aliphatic carbocycles. The standard InChI is InChI=1S/C9H7ClS/c1-2-9(3-4-9)8-5-7(10)6-11-8/h1,5-6H,3-4H2. The van der Waals surface area contributed by atoms with Gasteiger partial charge in [0, 0.05) is 10.3 Å². The van der Waals surface area contributed by atoms with Gasteiger partial charge >= 0.3 is 0 Å². The molecule has 0 spiro atoms. The first-order chi connectivity index (χ1) is 5.27. The fourth-order valence-electron chi connectivity index (χ4n) is 1.15. The second-order valence-electron chi connectivity index (χ2n) is 2.86. The molecule has 11 heavy (non-hydrogen) atoms. The number of thiophene rings is 1. The van der Waals surface area contributed by atoms with Crippen LogP contribution < -0.4 is 0 Å². The van der Waals surface area contributed by atoms with E-state index in [-0.39, 0.29) is 5.41 Å². The summed E-state index contributed by atoms with van der Waals surface area (Å²) in [4.78, 5) is 1.25. The van der Waals surface area contributed by atoms with Crippen LogP contribution in [0.4, 0.5) is 0 Å². The fourth-order valence-corrected chi connectivity index (χ4v) is 2.45. The molecular formula is C9H7ClS. The summed E-state index contributed by atoms with van der Waals surface area (Å²) in [5, 5.41) is 2.75. The predicted molar refractivity (Wildman–Crippen MR) is 49.1 cm³/mol. The Balaban J connectivity index is 2.38. The Bertz CT molecular complexity index is 315. The second kappa shape index (κ2) is 2.27. The Labute approximate surface area is 75.2 Å². The molecule has 1 fully saturated rings. The summed E-state index contributed by atoms with van der Waals surface area (Å²) < 4.78 is 0. The highest BCUT2D eigenvalue weighted by Gasteiger charge is 2.43. The topological polar surface area (TPSA) is 0 Å². The van der Waals surface area contributed by atoms with E-state index in [9.17, 15) is 0 Å². The van der Waals surface area contributed by atoms with E-state index < -0.39 is 0 Å². The number of hydrogen-bond acceptors (Lipinski definition) is 1. The first kappa shape index (κ1) is 7.21. The molecule has 0 saturated heterocycles. The van der Waals surface area contributed by atoms with E-state index in [0.717, 1.165) is 17.9 Å². The lowest BCUT2D eigenvalue weighted by molar-refractivity contribution is 0.962. The van der Waals surface area contributed by atoms with Crippen LogP contribution in [0, 0.1) is 12.3 Å². The Hall–Kier alpha value is -0.450. The van der Waals surface area contributed by atoms with E-state index in [4.69, 9.17) is 18.0 Å². The van der Waals surface area contributed by atoms with Crippen LogP contribution in [0.5, 0.6) is 0 Å². The predicted octanol–water partition coefficient (Wildman–Crippen LogP) is 3.07. The molecule has 2 heteroatoms. The quantitative estimate of drug-likeness (QED) is 0.586. The molecule has 0 bridgehead atoms. The summed E-state index contributed by atoms with van der Waals surface area (Å²) >= 11 is 7.46. The van der Waals surface area contributed by atoms with Gasteiger partial charge in [0.2, 0.25) is 0 Å². The molecule has 1 saturated carbocycles. The van der Waals surface area contributed by atoms with Gasteiger partial charge in [0.1, 0.15) is 0 Å². The SMILES string of the molecule is C#CC1(c2cc(Cl)cs2)CC1. The van der Waals surface area contributed by atoms with Crippen molar-refractivity contribution >= 4 is 22.9 Å². The summed E-state index contributed by atoms with van der Waals surface area (Å²) in [5.74, 6) is 2.83. The average molecular weight is 183 g/mol. The molecule has 0 aliphatic heterocycles. The van der Waals surface area contributed by atoms with Gasteiger partial charge in [0.15, 0.2) is 0 Å². The van der Waals surface area contributed by atoms with Crippen molar-refractivity contribution < 1.29 is 0 Å². The van der Waals surface area contributed by atoms with Gasteiger partial charge in [-0.05, 0) is 18.9 Å². The molecule has 1 aliphatic rings. The smallest absolute Gasteiger partial charge is 0.0655 e. The third kappa shape index (κ3) is 1.07. The molecule has 56 valence electrons. The average Bonchev–Trinajstić information content (AvgIpc) is 2.70. The highest BCUT2D eigenvalue weighted by molar-refractivity contribution is 7.10. The van der Waals surface area contributed by atoms with Crippen LogP contribution in [-0.2, 0) is 5.41 Å². The van der Waals surface area contributed by atoms with Gasteiger partial charge in [0.05, 0.1) is 10.4 Å². The van der Waals surface area contributed by atoms with E-state index in [2.05, 4.69) is 5.92 Å². The maximum Gasteiger partial charge on any atom is 0.0655 e. The maximum absolute atomic E-state index is 5.79. The summed E-state index contributed by atoms with van der Waals surface area (Å²) in [6.45, 7) is 0. The van der Waals surface area contributed by atoms with Crippen molar-refractivity contribution in [3.63, 3.8) is 0 Å². The van der Waals surface area contributed by atoms with Gasteiger partial charge < -0.3 is 0 Å². The van der Waals surface area contributed by atoms with Gasteiger partial charge in [-0.2, -0.15) is 0 Å². The Morgan fingerprint density at radius 2 is 2.36 bits per heavy atom. The van der Waals surface area contributed by atoms with Crippen LogP contribution in [0.2, 0.25) is 5.02 Å². The van der Waals surface area contributed by atoms with Crippen LogP contribution in [0.1, 0.15) is 17.7 Å². The van der Waals surface area contributed by atoms with Crippen LogP contribution in [0.15, 0.2) is 11.4 Å². The first-order valence-electron chi connectivity index (χ1n) is 3.49. The Morgan fingerprint density at radius 3 is 2.73 bits per heavy atom. The van der Waals surface area contributed by atoms with Gasteiger partial charge in [-0.25, -0.2) is 0 Å². The largest absolute Gasteiger partial charge is 0.146 e. The number of terminal acetylenes is 1. The van der Waals surface area contributed by atoms with Gasteiger partial charge in [-0.15, -0.1) is 17.8 Å². The van der Waals surface area contributed by atoms with Crippen LogP contribution in [0.3, 0.4) is 0 Å². The van der Waals surface area contributed by atoms with Crippen molar-refractivity contribution in [3.05, 3.63) is 21.3 Å². The molecule has 1 aromatic heterocycles. The first-order valence-corrected chi connectivity index (χ1v) is 4.75. The minimum absolute atomic E-state index is 0.0673. The second-order valence-corrected chi connectivity index (χ2v) is 4.20. The molecule has 1 heterocycles. The van der Waals surface area contributed by atoms with E-state index in [1.54, 1.807) is 11.3 Å². The van der Waals surface area contributed by atoms with Crippen molar-refractivity contribution in [2.75, 3.05) is 0 Å². The third-order valence-electron chi connectivity index (χ3n) is 2.07. The molecule has 0 radical (unpaired) electrons. The monoisotopic (exact) mass is 182 g/mol. The molecule has 0 aromatic carbocycles. The van der Waals surface area contributed by atoms with Crippen LogP contribution >= 0.6 is 22.9 Å². The zero-order valence-corrected chi connectivity index (χ0v) is 7.50. The lowest BCUT2D eigenvalue weighted by Gasteiger charge is -2.00. The van der Waals surface area contributed by atoms with E-state index in [1.807, 2.05) is 11.4 Å². The third-order valence-corrected chi connectivity index (χ3v) is 3.55. The zero-order valence-electron chi connectivity index (χ0n) is 5.93. The summed E-state index contributed by atoms with van der Waals surface area (Å²) in [6, 6.07) is 1.99. The Kier molecular flexibility index (Phi) is 1.49.